The smallest absolute Gasteiger partial charge is 0.277 e. The second-order valence-corrected chi connectivity index (χ2v) is 12.7. The molecule has 1 fully saturated rings. The van der Waals surface area contributed by atoms with Gasteiger partial charge in [-0.25, -0.2) is 5.43 Å². The van der Waals surface area contributed by atoms with Crippen molar-refractivity contribution in [2.75, 3.05) is 18.1 Å². The molecule has 1 amide bonds. The second kappa shape index (κ2) is 13.2. The topological polar surface area (TPSA) is 59.9 Å². The van der Waals surface area contributed by atoms with Crippen LogP contribution in [0.1, 0.15) is 21.3 Å². The number of thioether (sulfide) groups is 2. The van der Waals surface area contributed by atoms with E-state index < -0.39 is 0 Å². The average Bonchev–Trinajstić information content (AvgIpc) is 3.39. The fourth-order valence-corrected chi connectivity index (χ4v) is 7.37. The van der Waals surface area contributed by atoms with Crippen molar-refractivity contribution in [3.63, 3.8) is 0 Å². The SMILES string of the molecule is O=C(COc1ccc(C2SCCS2)cc1)N/N=C\c1cc(Cl)c(OCc2ccc(I)cc2)c(Br)c1. The van der Waals surface area contributed by atoms with Crippen molar-refractivity contribution in [2.45, 2.75) is 11.2 Å². The Balaban J connectivity index is 1.25. The van der Waals surface area contributed by atoms with E-state index in [-0.39, 0.29) is 12.5 Å². The molecule has 10 heteroatoms. The Kier molecular flexibility index (Phi) is 10.1. The van der Waals surface area contributed by atoms with Crippen LogP contribution in [-0.2, 0) is 11.4 Å². The predicted octanol–water partition coefficient (Wildman–Crippen LogP) is 7.29. The van der Waals surface area contributed by atoms with Crippen LogP contribution < -0.4 is 14.9 Å². The summed E-state index contributed by atoms with van der Waals surface area (Å²) in [6.07, 6.45) is 1.52. The number of amides is 1. The van der Waals surface area contributed by atoms with Gasteiger partial charge < -0.3 is 9.47 Å². The third kappa shape index (κ3) is 8.04. The quantitative estimate of drug-likeness (QED) is 0.144. The molecule has 0 atom stereocenters. The molecule has 0 aromatic heterocycles. The Morgan fingerprint density at radius 1 is 1.11 bits per heavy atom. The minimum Gasteiger partial charge on any atom is -0.486 e. The van der Waals surface area contributed by atoms with E-state index in [9.17, 15) is 4.79 Å². The average molecular weight is 704 g/mol. The van der Waals surface area contributed by atoms with Crippen LogP contribution in [0, 0.1) is 3.57 Å². The molecule has 4 rings (SSSR count). The van der Waals surface area contributed by atoms with Gasteiger partial charge in [-0.1, -0.05) is 35.9 Å². The number of rotatable bonds is 9. The zero-order valence-corrected chi connectivity index (χ0v) is 24.5. The van der Waals surface area contributed by atoms with Gasteiger partial charge in [-0.15, -0.1) is 23.5 Å². The molecule has 1 heterocycles. The van der Waals surface area contributed by atoms with Crippen molar-refractivity contribution < 1.29 is 14.3 Å². The highest BCUT2D eigenvalue weighted by molar-refractivity contribution is 14.1. The third-order valence-electron chi connectivity index (χ3n) is 4.86. The summed E-state index contributed by atoms with van der Waals surface area (Å²) >= 11 is 16.1. The maximum absolute atomic E-state index is 12.1. The number of halogens is 3. The monoisotopic (exact) mass is 702 g/mol. The lowest BCUT2D eigenvalue weighted by Gasteiger charge is -2.11. The number of nitrogens with zero attached hydrogens (tertiary/aromatic N) is 1. The molecule has 1 saturated heterocycles. The molecule has 0 bridgehead atoms. The van der Waals surface area contributed by atoms with Crippen molar-refractivity contribution in [1.82, 2.24) is 5.43 Å². The maximum Gasteiger partial charge on any atom is 0.277 e. The number of hydrogen-bond donors (Lipinski definition) is 1. The van der Waals surface area contributed by atoms with Crippen LogP contribution in [0.3, 0.4) is 0 Å². The van der Waals surface area contributed by atoms with Crippen molar-refractivity contribution in [3.8, 4) is 11.5 Å². The summed E-state index contributed by atoms with van der Waals surface area (Å²) in [5.74, 6) is 3.22. The van der Waals surface area contributed by atoms with Crippen LogP contribution in [0.4, 0.5) is 0 Å². The van der Waals surface area contributed by atoms with Crippen LogP contribution in [0.5, 0.6) is 11.5 Å². The van der Waals surface area contributed by atoms with E-state index >= 15 is 0 Å². The highest BCUT2D eigenvalue weighted by atomic mass is 127. The molecule has 1 aliphatic rings. The molecule has 0 saturated carbocycles. The number of benzene rings is 3. The standard InChI is InChI=1S/C25H21BrClIN2O3S2/c26-21-11-17(12-22(27)24(21)33-14-16-1-5-19(28)6-2-16)13-29-30-23(31)15-32-20-7-3-18(4-8-20)25-34-9-10-35-25/h1-8,11-13,25H,9-10,14-15H2,(H,30,31)/b29-13-. The molecule has 1 N–H and O–H groups in total. The van der Waals surface area contributed by atoms with Crippen LogP contribution in [0.2, 0.25) is 5.02 Å². The summed E-state index contributed by atoms with van der Waals surface area (Å²) < 4.78 is 13.8. The summed E-state index contributed by atoms with van der Waals surface area (Å²) in [6, 6.07) is 19.5. The molecule has 182 valence electrons. The Morgan fingerprint density at radius 2 is 1.83 bits per heavy atom. The summed E-state index contributed by atoms with van der Waals surface area (Å²) in [6.45, 7) is 0.277. The number of hydrogen-bond acceptors (Lipinski definition) is 6. The van der Waals surface area contributed by atoms with Gasteiger partial charge in [0.2, 0.25) is 0 Å². The van der Waals surface area contributed by atoms with E-state index in [4.69, 9.17) is 21.1 Å². The molecular formula is C25H21BrClIN2O3S2. The van der Waals surface area contributed by atoms with Gasteiger partial charge in [0.05, 0.1) is 20.3 Å². The van der Waals surface area contributed by atoms with Gasteiger partial charge in [-0.2, -0.15) is 5.10 Å². The third-order valence-corrected chi connectivity index (χ3v) is 9.56. The minimum absolute atomic E-state index is 0.126. The highest BCUT2D eigenvalue weighted by Gasteiger charge is 2.18. The number of hydrazone groups is 1. The molecule has 0 aliphatic carbocycles. The van der Waals surface area contributed by atoms with Crippen molar-refractivity contribution in [3.05, 3.63) is 90.4 Å². The first-order chi connectivity index (χ1) is 17.0. The van der Waals surface area contributed by atoms with E-state index in [0.29, 0.717) is 37.7 Å². The Hall–Kier alpha value is -1.40. The molecule has 3 aromatic rings. The molecule has 0 spiro atoms. The van der Waals surface area contributed by atoms with Gasteiger partial charge >= 0.3 is 0 Å². The molecule has 1 aliphatic heterocycles. The molecule has 35 heavy (non-hydrogen) atoms. The normalized spacial score (nSPS) is 13.8. The lowest BCUT2D eigenvalue weighted by molar-refractivity contribution is -0.123. The fraction of sp³-hybridized carbons (Fsp3) is 0.200. The first-order valence-corrected chi connectivity index (χ1v) is 15.0. The van der Waals surface area contributed by atoms with Gasteiger partial charge in [-0.3, -0.25) is 4.79 Å². The van der Waals surface area contributed by atoms with Crippen LogP contribution in [0.15, 0.2) is 70.2 Å². The largest absolute Gasteiger partial charge is 0.486 e. The summed E-state index contributed by atoms with van der Waals surface area (Å²) in [7, 11) is 0. The van der Waals surface area contributed by atoms with Crippen molar-refractivity contribution >= 4 is 85.8 Å². The number of ether oxygens (including phenoxy) is 2. The summed E-state index contributed by atoms with van der Waals surface area (Å²) in [4.78, 5) is 12.1. The fourth-order valence-electron chi connectivity index (χ4n) is 3.16. The molecular weight excluding hydrogens is 683 g/mol. The van der Waals surface area contributed by atoms with E-state index in [1.54, 1.807) is 6.07 Å². The van der Waals surface area contributed by atoms with E-state index in [0.717, 1.165) is 5.56 Å². The number of carbonyl (C=O) groups excluding carboxylic acids is 1. The first-order valence-electron chi connectivity index (χ1n) is 10.6. The Morgan fingerprint density at radius 3 is 2.51 bits per heavy atom. The molecule has 3 aromatic carbocycles. The second-order valence-electron chi connectivity index (χ2n) is 7.45. The molecule has 0 unspecified atom stereocenters. The van der Waals surface area contributed by atoms with Crippen molar-refractivity contribution in [2.24, 2.45) is 5.10 Å². The molecule has 0 radical (unpaired) electrons. The van der Waals surface area contributed by atoms with Crippen LogP contribution >= 0.6 is 73.6 Å². The van der Waals surface area contributed by atoms with Gasteiger partial charge in [0.15, 0.2) is 12.4 Å². The Labute approximate surface area is 240 Å². The highest BCUT2D eigenvalue weighted by Crippen LogP contribution is 2.45. The van der Waals surface area contributed by atoms with E-state index in [2.05, 4.69) is 61.2 Å². The predicted molar refractivity (Wildman–Crippen MR) is 158 cm³/mol. The van der Waals surface area contributed by atoms with E-state index in [1.807, 2.05) is 66.0 Å². The zero-order valence-electron chi connectivity index (χ0n) is 18.4. The maximum atomic E-state index is 12.1. The van der Waals surface area contributed by atoms with Crippen LogP contribution in [0.25, 0.3) is 0 Å². The summed E-state index contributed by atoms with van der Waals surface area (Å²) in [5.41, 5.74) is 5.50. The minimum atomic E-state index is -0.352. The van der Waals surface area contributed by atoms with Gasteiger partial charge in [0.25, 0.3) is 5.91 Å². The lowest BCUT2D eigenvalue weighted by Crippen LogP contribution is -2.24. The van der Waals surface area contributed by atoms with Gasteiger partial charge in [-0.05, 0) is 91.6 Å². The Bertz CT molecular complexity index is 1170. The number of nitrogens with one attached hydrogen (secondary N) is 1. The van der Waals surface area contributed by atoms with Crippen LogP contribution in [-0.4, -0.2) is 30.2 Å². The first kappa shape index (κ1) is 26.7. The van der Waals surface area contributed by atoms with Crippen molar-refractivity contribution in [1.29, 1.82) is 0 Å². The molecule has 5 nitrogen and oxygen atoms in total. The van der Waals surface area contributed by atoms with Gasteiger partial charge in [0.1, 0.15) is 12.4 Å². The summed E-state index contributed by atoms with van der Waals surface area (Å²) in [5, 5.41) is 4.45. The lowest BCUT2D eigenvalue weighted by atomic mass is 10.2. The van der Waals surface area contributed by atoms with Gasteiger partial charge in [0, 0.05) is 15.1 Å². The van der Waals surface area contributed by atoms with E-state index in [1.165, 1.54) is 26.9 Å². The number of carbonyl (C=O) groups is 1. The zero-order chi connectivity index (χ0) is 24.6.